The van der Waals surface area contributed by atoms with Crippen molar-refractivity contribution in [3.8, 4) is 0 Å². The molecule has 0 saturated carbocycles. The summed E-state index contributed by atoms with van der Waals surface area (Å²) in [4.78, 5) is 14.2. The molecule has 120 valence electrons. The smallest absolute Gasteiger partial charge is 0.415 e. The van der Waals surface area contributed by atoms with Gasteiger partial charge in [0, 0.05) is 26.7 Å². The fourth-order valence-electron chi connectivity index (χ4n) is 1.24. The number of rotatable bonds is 5. The summed E-state index contributed by atoms with van der Waals surface area (Å²) >= 11 is 0. The maximum atomic E-state index is 12.2. The second-order valence-electron chi connectivity index (χ2n) is 5.72. The summed E-state index contributed by atoms with van der Waals surface area (Å²) in [7, 11) is 2.94. The zero-order valence-electron chi connectivity index (χ0n) is 12.5. The highest BCUT2D eigenvalue weighted by Gasteiger charge is 2.38. The van der Waals surface area contributed by atoms with Gasteiger partial charge in [-0.25, -0.2) is 4.79 Å². The topological polar surface area (TPSA) is 53.0 Å². The van der Waals surface area contributed by atoms with Gasteiger partial charge in [-0.05, 0) is 27.8 Å². The van der Waals surface area contributed by atoms with Crippen molar-refractivity contribution < 1.29 is 27.8 Å². The fourth-order valence-corrected chi connectivity index (χ4v) is 1.24. The van der Waals surface area contributed by atoms with Crippen molar-refractivity contribution in [3.05, 3.63) is 0 Å². The second kappa shape index (κ2) is 7.12. The molecule has 1 atom stereocenters. The molecule has 0 radical (unpaired) electrons. The van der Waals surface area contributed by atoms with Gasteiger partial charge in [-0.3, -0.25) is 0 Å². The van der Waals surface area contributed by atoms with E-state index >= 15 is 0 Å². The first-order valence-electron chi connectivity index (χ1n) is 6.20. The molecule has 1 amide bonds. The number of alkyl halides is 3. The quantitative estimate of drug-likeness (QED) is 0.840. The van der Waals surface area contributed by atoms with E-state index < -0.39 is 30.5 Å². The van der Waals surface area contributed by atoms with Crippen LogP contribution in [0.25, 0.3) is 0 Å². The molecular weight excluding hydrogens is 277 g/mol. The van der Waals surface area contributed by atoms with E-state index in [9.17, 15) is 18.0 Å². The number of ether oxygens (including phenoxy) is 1. The van der Waals surface area contributed by atoms with Crippen LogP contribution in [0.2, 0.25) is 0 Å². The number of carbonyl (C=O) groups excluding carboxylic acids is 1. The highest BCUT2D eigenvalue weighted by molar-refractivity contribution is 5.67. The molecule has 0 aromatic rings. The van der Waals surface area contributed by atoms with Crippen molar-refractivity contribution in [1.29, 1.82) is 0 Å². The third-order valence-corrected chi connectivity index (χ3v) is 2.38. The van der Waals surface area contributed by atoms with Crippen LogP contribution in [0.5, 0.6) is 0 Å². The monoisotopic (exact) mass is 300 g/mol. The average Bonchev–Trinajstić information content (AvgIpc) is 2.21. The lowest BCUT2D eigenvalue weighted by Crippen LogP contribution is -2.43. The lowest BCUT2D eigenvalue weighted by atomic mass is 10.2. The van der Waals surface area contributed by atoms with Gasteiger partial charge >= 0.3 is 12.3 Å². The predicted octanol–water partition coefficient (Wildman–Crippen LogP) is 1.71. The van der Waals surface area contributed by atoms with E-state index in [1.165, 1.54) is 23.9 Å². The van der Waals surface area contributed by atoms with Crippen molar-refractivity contribution in [2.45, 2.75) is 38.7 Å². The number of halogens is 3. The van der Waals surface area contributed by atoms with Gasteiger partial charge in [-0.2, -0.15) is 13.2 Å². The second-order valence-corrected chi connectivity index (χ2v) is 5.72. The van der Waals surface area contributed by atoms with Gasteiger partial charge in [0.2, 0.25) is 0 Å². The third kappa shape index (κ3) is 8.21. The van der Waals surface area contributed by atoms with Crippen LogP contribution in [0.1, 0.15) is 20.8 Å². The van der Waals surface area contributed by atoms with Crippen LogP contribution in [0.4, 0.5) is 18.0 Å². The molecule has 0 rings (SSSR count). The van der Waals surface area contributed by atoms with Gasteiger partial charge in [0.15, 0.2) is 6.10 Å². The maximum absolute atomic E-state index is 12.2. The Morgan fingerprint density at radius 3 is 2.10 bits per heavy atom. The highest BCUT2D eigenvalue weighted by atomic mass is 19.4. The van der Waals surface area contributed by atoms with E-state index in [0.717, 1.165) is 0 Å². The molecule has 8 heteroatoms. The summed E-state index contributed by atoms with van der Waals surface area (Å²) in [6.45, 7) is 5.05. The number of hydrogen-bond acceptors (Lipinski definition) is 4. The fraction of sp³-hybridized carbons (Fsp3) is 0.917. The Kier molecular flexibility index (Phi) is 6.76. The number of carbonyl (C=O) groups is 1. The minimum atomic E-state index is -4.63. The molecule has 20 heavy (non-hydrogen) atoms. The normalized spacial score (nSPS) is 14.3. The van der Waals surface area contributed by atoms with E-state index in [1.807, 2.05) is 0 Å². The number of aliphatic hydroxyl groups is 1. The molecule has 0 heterocycles. The Morgan fingerprint density at radius 2 is 1.70 bits per heavy atom. The predicted molar refractivity (Wildman–Crippen MR) is 68.4 cm³/mol. The summed E-state index contributed by atoms with van der Waals surface area (Å²) in [6.07, 6.45) is -7.56. The summed E-state index contributed by atoms with van der Waals surface area (Å²) in [5.41, 5.74) is -0.621. The molecule has 0 fully saturated rings. The lowest BCUT2D eigenvalue weighted by molar-refractivity contribution is -0.207. The zero-order chi connectivity index (χ0) is 16.1. The first-order valence-corrected chi connectivity index (χ1v) is 6.20. The molecule has 0 unspecified atom stereocenters. The number of nitrogens with zero attached hydrogens (tertiary/aromatic N) is 2. The van der Waals surface area contributed by atoms with E-state index in [4.69, 9.17) is 9.84 Å². The molecule has 5 nitrogen and oxygen atoms in total. The third-order valence-electron chi connectivity index (χ3n) is 2.38. The molecule has 0 aliphatic heterocycles. The average molecular weight is 300 g/mol. The first-order chi connectivity index (χ1) is 8.83. The SMILES string of the molecule is CN(CCN(C)C(=O)OC(C)(C)C)C[C@@H](O)C(F)(F)F. The van der Waals surface area contributed by atoms with E-state index in [1.54, 1.807) is 20.8 Å². The van der Waals surface area contributed by atoms with Gasteiger partial charge < -0.3 is 19.6 Å². The van der Waals surface area contributed by atoms with Crippen LogP contribution in [-0.4, -0.2) is 72.6 Å². The van der Waals surface area contributed by atoms with Gasteiger partial charge in [0.05, 0.1) is 0 Å². The van der Waals surface area contributed by atoms with Crippen molar-refractivity contribution in [1.82, 2.24) is 9.80 Å². The standard InChI is InChI=1S/C12H23F3N2O3/c1-11(2,3)20-10(19)17(5)7-6-16(4)8-9(18)12(13,14)15/h9,18H,6-8H2,1-5H3/t9-/m1/s1. The zero-order valence-corrected chi connectivity index (χ0v) is 12.5. The Labute approximate surface area is 117 Å². The molecule has 0 aromatic carbocycles. The largest absolute Gasteiger partial charge is 0.444 e. The van der Waals surface area contributed by atoms with E-state index in [-0.39, 0.29) is 13.1 Å². The Hall–Kier alpha value is -1.02. The minimum Gasteiger partial charge on any atom is -0.444 e. The van der Waals surface area contributed by atoms with E-state index in [2.05, 4.69) is 0 Å². The Bertz CT molecular complexity index is 316. The van der Waals surface area contributed by atoms with Crippen molar-refractivity contribution in [2.24, 2.45) is 0 Å². The van der Waals surface area contributed by atoms with Crippen LogP contribution in [0.15, 0.2) is 0 Å². The number of amides is 1. The van der Waals surface area contributed by atoms with Crippen LogP contribution in [0, 0.1) is 0 Å². The van der Waals surface area contributed by atoms with Gasteiger partial charge in [0.1, 0.15) is 5.60 Å². The Morgan fingerprint density at radius 1 is 1.20 bits per heavy atom. The van der Waals surface area contributed by atoms with Crippen molar-refractivity contribution in [3.63, 3.8) is 0 Å². The molecule has 0 spiro atoms. The minimum absolute atomic E-state index is 0.197. The van der Waals surface area contributed by atoms with Gasteiger partial charge in [0.25, 0.3) is 0 Å². The molecule has 0 bridgehead atoms. The molecule has 0 aliphatic rings. The van der Waals surface area contributed by atoms with Crippen molar-refractivity contribution >= 4 is 6.09 Å². The molecule has 1 N–H and O–H groups in total. The summed E-state index contributed by atoms with van der Waals surface area (Å²) in [5, 5.41) is 8.91. The number of likely N-dealkylation sites (N-methyl/N-ethyl adjacent to an activating group) is 2. The summed E-state index contributed by atoms with van der Waals surface area (Å²) in [6, 6.07) is 0. The molecular formula is C12H23F3N2O3. The summed E-state index contributed by atoms with van der Waals surface area (Å²) < 4.78 is 41.6. The van der Waals surface area contributed by atoms with Crippen LogP contribution in [-0.2, 0) is 4.74 Å². The highest BCUT2D eigenvalue weighted by Crippen LogP contribution is 2.20. The molecule has 0 aromatic heterocycles. The molecule has 0 aliphatic carbocycles. The molecule has 0 saturated heterocycles. The Balaban J connectivity index is 4.12. The number of aliphatic hydroxyl groups excluding tert-OH is 1. The van der Waals surface area contributed by atoms with Crippen molar-refractivity contribution in [2.75, 3.05) is 33.7 Å². The first kappa shape index (κ1) is 19.0. The van der Waals surface area contributed by atoms with Gasteiger partial charge in [-0.1, -0.05) is 0 Å². The lowest BCUT2D eigenvalue weighted by Gasteiger charge is -2.27. The van der Waals surface area contributed by atoms with Crippen LogP contribution >= 0.6 is 0 Å². The van der Waals surface area contributed by atoms with Gasteiger partial charge in [-0.15, -0.1) is 0 Å². The number of hydrogen-bond donors (Lipinski definition) is 1. The van der Waals surface area contributed by atoms with E-state index in [0.29, 0.717) is 0 Å². The summed E-state index contributed by atoms with van der Waals surface area (Å²) in [5.74, 6) is 0. The maximum Gasteiger partial charge on any atom is 0.415 e. The van der Waals surface area contributed by atoms with Crippen LogP contribution in [0.3, 0.4) is 0 Å². The van der Waals surface area contributed by atoms with Crippen LogP contribution < -0.4 is 0 Å².